The number of anilines is 4. The van der Waals surface area contributed by atoms with E-state index in [4.69, 9.17) is 0 Å². The maximum atomic E-state index is 14.3. The van der Waals surface area contributed by atoms with Crippen LogP contribution in [0.3, 0.4) is 0 Å². The maximum absolute atomic E-state index is 14.3. The van der Waals surface area contributed by atoms with Crippen molar-refractivity contribution in [1.29, 1.82) is 5.26 Å². The Morgan fingerprint density at radius 3 is 2.67 bits per heavy atom. The molecule has 0 aliphatic heterocycles. The number of nitriles is 1. The lowest BCUT2D eigenvalue weighted by Crippen LogP contribution is -2.28. The Hall–Kier alpha value is -4.78. The van der Waals surface area contributed by atoms with Gasteiger partial charge in [0.15, 0.2) is 6.19 Å². The monoisotopic (exact) mass is 487 g/mol. The second-order valence-electron chi connectivity index (χ2n) is 7.82. The van der Waals surface area contributed by atoms with Crippen LogP contribution in [0.5, 0.6) is 0 Å². The quantitative estimate of drug-likeness (QED) is 0.193. The number of carbonyl (C=O) groups excluding carboxylic acids is 2. The Labute approximate surface area is 208 Å². The summed E-state index contributed by atoms with van der Waals surface area (Å²) in [7, 11) is 1.45. The van der Waals surface area contributed by atoms with E-state index >= 15 is 0 Å². The van der Waals surface area contributed by atoms with Crippen LogP contribution in [-0.4, -0.2) is 41.9 Å². The number of hydrogen-bond donors (Lipinski definition) is 2. The summed E-state index contributed by atoms with van der Waals surface area (Å²) in [5.41, 5.74) is 1.84. The molecule has 1 heterocycles. The second kappa shape index (κ2) is 12.1. The van der Waals surface area contributed by atoms with Crippen LogP contribution in [0.4, 0.5) is 27.5 Å². The zero-order valence-corrected chi connectivity index (χ0v) is 20.0. The number of nitrogens with one attached hydrogen (secondary N) is 2. The summed E-state index contributed by atoms with van der Waals surface area (Å²) in [4.78, 5) is 35.2. The fourth-order valence-electron chi connectivity index (χ4n) is 3.25. The van der Waals surface area contributed by atoms with Gasteiger partial charge in [0.05, 0.1) is 5.69 Å². The van der Waals surface area contributed by atoms with Gasteiger partial charge in [-0.1, -0.05) is 24.8 Å². The second-order valence-corrected chi connectivity index (χ2v) is 7.82. The van der Waals surface area contributed by atoms with Gasteiger partial charge in [0.1, 0.15) is 11.6 Å². The number of likely N-dealkylation sites (N-methyl/N-ethyl adjacent to an activating group) is 1. The lowest BCUT2D eigenvalue weighted by Gasteiger charge is -2.18. The molecule has 3 aromatic rings. The number of aryl methyl sites for hydroxylation is 1. The van der Waals surface area contributed by atoms with E-state index in [2.05, 4.69) is 33.4 Å². The minimum atomic E-state index is -0.562. The molecule has 0 saturated heterocycles. The van der Waals surface area contributed by atoms with Crippen LogP contribution in [0.1, 0.15) is 22.3 Å². The Balaban J connectivity index is 1.67. The number of aromatic nitrogens is 2. The van der Waals surface area contributed by atoms with Crippen molar-refractivity contribution in [1.82, 2.24) is 15.3 Å². The van der Waals surface area contributed by atoms with Crippen LogP contribution >= 0.6 is 0 Å². The highest BCUT2D eigenvalue weighted by Gasteiger charge is 2.15. The van der Waals surface area contributed by atoms with E-state index in [-0.39, 0.29) is 17.5 Å². The Morgan fingerprint density at radius 1 is 1.22 bits per heavy atom. The normalized spacial score (nSPS) is 10.2. The van der Waals surface area contributed by atoms with E-state index in [0.717, 1.165) is 11.0 Å². The van der Waals surface area contributed by atoms with Gasteiger partial charge < -0.3 is 15.5 Å². The molecule has 0 radical (unpaired) electrons. The molecule has 0 atom stereocenters. The third-order valence-corrected chi connectivity index (χ3v) is 5.28. The minimum Gasteiger partial charge on any atom is -0.352 e. The van der Waals surface area contributed by atoms with Crippen molar-refractivity contribution in [3.05, 3.63) is 84.3 Å². The van der Waals surface area contributed by atoms with Crippen molar-refractivity contribution in [2.75, 3.05) is 35.3 Å². The molecule has 0 bridgehead atoms. The largest absolute Gasteiger partial charge is 0.352 e. The van der Waals surface area contributed by atoms with Crippen LogP contribution in [0, 0.1) is 24.2 Å². The molecule has 36 heavy (non-hydrogen) atoms. The van der Waals surface area contributed by atoms with Crippen molar-refractivity contribution >= 4 is 35.0 Å². The smallest absolute Gasteiger partial charge is 0.251 e. The molecule has 0 fully saturated rings. The average Bonchev–Trinajstić information content (AvgIpc) is 2.90. The van der Waals surface area contributed by atoms with E-state index in [1.54, 1.807) is 37.4 Å². The van der Waals surface area contributed by atoms with Gasteiger partial charge in [0.2, 0.25) is 11.9 Å². The number of nitrogens with zero attached hydrogens (tertiary/aromatic N) is 5. The van der Waals surface area contributed by atoms with Gasteiger partial charge in [-0.2, -0.15) is 10.2 Å². The van der Waals surface area contributed by atoms with Crippen LogP contribution < -0.4 is 20.4 Å². The summed E-state index contributed by atoms with van der Waals surface area (Å²) in [6, 6.07) is 13.1. The third kappa shape index (κ3) is 6.42. The van der Waals surface area contributed by atoms with Crippen molar-refractivity contribution in [3.8, 4) is 6.19 Å². The van der Waals surface area contributed by atoms with Crippen molar-refractivity contribution in [3.63, 3.8) is 0 Å². The first-order valence-corrected chi connectivity index (χ1v) is 11.1. The van der Waals surface area contributed by atoms with Gasteiger partial charge in [0, 0.05) is 43.1 Å². The number of benzene rings is 2. The van der Waals surface area contributed by atoms with Crippen LogP contribution in [0.25, 0.3) is 0 Å². The zero-order valence-electron chi connectivity index (χ0n) is 20.0. The summed E-state index contributed by atoms with van der Waals surface area (Å²) < 4.78 is 14.3. The molecule has 0 aliphatic carbocycles. The predicted octanol–water partition coefficient (Wildman–Crippen LogP) is 3.92. The standard InChI is InChI=1S/C26H26FN7O2/c1-4-23(35)33(3)22-15-20(11-12-21(22)27)31-24-18(2)16-30-26(32-24)34(17-28)14-8-13-29-25(36)19-9-6-5-7-10-19/h4-7,9-12,15-16H,1,8,13-14H2,2-3H3,(H,29,36)(H,30,31,32). The van der Waals surface area contributed by atoms with E-state index in [1.807, 2.05) is 6.07 Å². The molecule has 3 rings (SSSR count). The molecule has 10 heteroatoms. The average molecular weight is 488 g/mol. The van der Waals surface area contributed by atoms with Crippen LogP contribution in [-0.2, 0) is 4.79 Å². The third-order valence-electron chi connectivity index (χ3n) is 5.28. The Kier molecular flexibility index (Phi) is 8.67. The molecular weight excluding hydrogens is 461 g/mol. The summed E-state index contributed by atoms with van der Waals surface area (Å²) in [6.07, 6.45) is 5.24. The van der Waals surface area contributed by atoms with Gasteiger partial charge in [-0.15, -0.1) is 0 Å². The van der Waals surface area contributed by atoms with Gasteiger partial charge in [-0.3, -0.25) is 9.59 Å². The first-order chi connectivity index (χ1) is 17.3. The van der Waals surface area contributed by atoms with E-state index < -0.39 is 11.7 Å². The van der Waals surface area contributed by atoms with Crippen molar-refractivity contribution in [2.24, 2.45) is 0 Å². The highest BCUT2D eigenvalue weighted by atomic mass is 19.1. The number of rotatable bonds is 10. The Morgan fingerprint density at radius 2 is 1.97 bits per heavy atom. The molecule has 2 amide bonds. The fraction of sp³-hybridized carbons (Fsp3) is 0.192. The lowest BCUT2D eigenvalue weighted by atomic mass is 10.2. The molecule has 2 aromatic carbocycles. The summed E-state index contributed by atoms with van der Waals surface area (Å²) in [5, 5.41) is 15.5. The predicted molar refractivity (Wildman–Crippen MR) is 136 cm³/mol. The fourth-order valence-corrected chi connectivity index (χ4v) is 3.25. The number of hydrogen-bond acceptors (Lipinski definition) is 7. The molecule has 184 valence electrons. The van der Waals surface area contributed by atoms with E-state index in [1.165, 1.54) is 30.1 Å². The zero-order chi connectivity index (χ0) is 26.1. The molecule has 0 unspecified atom stereocenters. The summed E-state index contributed by atoms with van der Waals surface area (Å²) in [6.45, 7) is 5.88. The molecule has 0 spiro atoms. The molecule has 1 aromatic heterocycles. The molecular formula is C26H26FN7O2. The molecule has 0 saturated carbocycles. The molecule has 0 aliphatic rings. The van der Waals surface area contributed by atoms with Gasteiger partial charge in [-0.25, -0.2) is 14.3 Å². The molecule has 9 nitrogen and oxygen atoms in total. The van der Waals surface area contributed by atoms with Gasteiger partial charge >= 0.3 is 0 Å². The summed E-state index contributed by atoms with van der Waals surface area (Å²) >= 11 is 0. The first-order valence-electron chi connectivity index (χ1n) is 11.1. The van der Waals surface area contributed by atoms with Crippen molar-refractivity contribution in [2.45, 2.75) is 13.3 Å². The van der Waals surface area contributed by atoms with Gasteiger partial charge in [-0.05, 0) is 49.8 Å². The number of amides is 2. The van der Waals surface area contributed by atoms with Crippen molar-refractivity contribution < 1.29 is 14.0 Å². The maximum Gasteiger partial charge on any atom is 0.251 e. The van der Waals surface area contributed by atoms with Gasteiger partial charge in [0.25, 0.3) is 5.91 Å². The highest BCUT2D eigenvalue weighted by Crippen LogP contribution is 2.26. The number of halogens is 1. The minimum absolute atomic E-state index is 0.0769. The number of carbonyl (C=O) groups is 2. The van der Waals surface area contributed by atoms with Crippen LogP contribution in [0.15, 0.2) is 67.4 Å². The van der Waals surface area contributed by atoms with E-state index in [9.17, 15) is 19.2 Å². The Bertz CT molecular complexity index is 1290. The van der Waals surface area contributed by atoms with E-state index in [0.29, 0.717) is 42.1 Å². The SMILES string of the molecule is C=CC(=O)N(C)c1cc(Nc2nc(N(C#N)CCCNC(=O)c3ccccc3)ncc2C)ccc1F. The van der Waals surface area contributed by atoms with Crippen LogP contribution in [0.2, 0.25) is 0 Å². The summed E-state index contributed by atoms with van der Waals surface area (Å²) in [5.74, 6) is -0.588. The first kappa shape index (κ1) is 25.8. The topological polar surface area (TPSA) is 114 Å². The highest BCUT2D eigenvalue weighted by molar-refractivity contribution is 6.01. The molecule has 2 N–H and O–H groups in total. The lowest BCUT2D eigenvalue weighted by molar-refractivity contribution is -0.113.